The Morgan fingerprint density at radius 2 is 1.95 bits per heavy atom. The molecule has 2 N–H and O–H groups in total. The molecule has 0 aromatic heterocycles. The molecular formula is C16H24N2O3. The molecule has 1 aliphatic heterocycles. The Kier molecular flexibility index (Phi) is 5.87. The highest BCUT2D eigenvalue weighted by Crippen LogP contribution is 2.18. The van der Waals surface area contributed by atoms with Gasteiger partial charge >= 0.3 is 0 Å². The van der Waals surface area contributed by atoms with Crippen LogP contribution in [0.3, 0.4) is 0 Å². The van der Waals surface area contributed by atoms with Crippen LogP contribution in [0.2, 0.25) is 0 Å². The van der Waals surface area contributed by atoms with Gasteiger partial charge in [0.2, 0.25) is 0 Å². The van der Waals surface area contributed by atoms with Crippen molar-refractivity contribution in [3.05, 3.63) is 24.3 Å². The van der Waals surface area contributed by atoms with Crippen molar-refractivity contribution in [1.29, 1.82) is 0 Å². The molecule has 21 heavy (non-hydrogen) atoms. The van der Waals surface area contributed by atoms with Gasteiger partial charge in [-0.2, -0.15) is 0 Å². The number of carbonyl (C=O) groups excluding carboxylic acids is 1. The average molecular weight is 292 g/mol. The van der Waals surface area contributed by atoms with Gasteiger partial charge in [-0.1, -0.05) is 6.92 Å². The van der Waals surface area contributed by atoms with Crippen molar-refractivity contribution in [1.82, 2.24) is 4.90 Å². The molecule has 0 spiro atoms. The monoisotopic (exact) mass is 292 g/mol. The summed E-state index contributed by atoms with van der Waals surface area (Å²) in [7, 11) is 0. The lowest BCUT2D eigenvalue weighted by Gasteiger charge is -2.30. The van der Waals surface area contributed by atoms with Crippen molar-refractivity contribution >= 4 is 5.91 Å². The van der Waals surface area contributed by atoms with Gasteiger partial charge in [0.1, 0.15) is 11.5 Å². The summed E-state index contributed by atoms with van der Waals surface area (Å²) in [6, 6.07) is 7.44. The van der Waals surface area contributed by atoms with Crippen LogP contribution in [0.25, 0.3) is 0 Å². The summed E-state index contributed by atoms with van der Waals surface area (Å²) < 4.78 is 11.0. The van der Waals surface area contributed by atoms with Crippen LogP contribution >= 0.6 is 0 Å². The first-order chi connectivity index (χ1) is 10.2. The van der Waals surface area contributed by atoms with Crippen LogP contribution in [0, 0.1) is 0 Å². The highest BCUT2D eigenvalue weighted by molar-refractivity contribution is 5.77. The second-order valence-corrected chi connectivity index (χ2v) is 5.35. The summed E-state index contributed by atoms with van der Waals surface area (Å²) in [4.78, 5) is 13.8. The molecule has 0 aliphatic carbocycles. The zero-order chi connectivity index (χ0) is 15.1. The molecule has 2 rings (SSSR count). The van der Waals surface area contributed by atoms with E-state index in [-0.39, 0.29) is 18.6 Å². The van der Waals surface area contributed by atoms with Crippen LogP contribution in [0.15, 0.2) is 24.3 Å². The van der Waals surface area contributed by atoms with E-state index in [4.69, 9.17) is 15.2 Å². The first-order valence-corrected chi connectivity index (χ1v) is 7.58. The minimum absolute atomic E-state index is 0.00328. The predicted molar refractivity (Wildman–Crippen MR) is 81.5 cm³/mol. The Morgan fingerprint density at radius 3 is 2.57 bits per heavy atom. The van der Waals surface area contributed by atoms with E-state index < -0.39 is 0 Å². The van der Waals surface area contributed by atoms with E-state index in [0.29, 0.717) is 18.9 Å². The maximum atomic E-state index is 12.0. The first kappa shape index (κ1) is 15.6. The zero-order valence-electron chi connectivity index (χ0n) is 12.6. The smallest absolute Gasteiger partial charge is 0.260 e. The standard InChI is InChI=1S/C16H24N2O3/c1-2-10-20-14-5-7-15(8-6-14)21-12-16(19)18-9-3-4-13(17)11-18/h5-8,13H,2-4,9-12,17H2,1H3. The van der Waals surface area contributed by atoms with E-state index in [0.717, 1.165) is 31.6 Å². The molecule has 116 valence electrons. The molecule has 1 saturated heterocycles. The van der Waals surface area contributed by atoms with Gasteiger partial charge in [-0.3, -0.25) is 4.79 Å². The van der Waals surface area contributed by atoms with E-state index in [1.807, 2.05) is 24.3 Å². The van der Waals surface area contributed by atoms with Crippen LogP contribution in [0.5, 0.6) is 11.5 Å². The molecular weight excluding hydrogens is 268 g/mol. The van der Waals surface area contributed by atoms with Gasteiger partial charge < -0.3 is 20.1 Å². The molecule has 1 fully saturated rings. The number of ether oxygens (including phenoxy) is 2. The molecule has 0 saturated carbocycles. The number of rotatable bonds is 6. The molecule has 0 bridgehead atoms. The normalized spacial score (nSPS) is 18.4. The fourth-order valence-electron chi connectivity index (χ4n) is 2.32. The van der Waals surface area contributed by atoms with Crippen molar-refractivity contribution in [2.45, 2.75) is 32.2 Å². The quantitative estimate of drug-likeness (QED) is 0.868. The Morgan fingerprint density at radius 1 is 1.29 bits per heavy atom. The number of nitrogens with zero attached hydrogens (tertiary/aromatic N) is 1. The number of piperidine rings is 1. The van der Waals surface area contributed by atoms with Crippen molar-refractivity contribution in [2.75, 3.05) is 26.3 Å². The van der Waals surface area contributed by atoms with Gasteiger partial charge in [0.15, 0.2) is 6.61 Å². The molecule has 1 amide bonds. The van der Waals surface area contributed by atoms with Crippen LogP contribution in [0.1, 0.15) is 26.2 Å². The lowest BCUT2D eigenvalue weighted by molar-refractivity contribution is -0.134. The number of carbonyl (C=O) groups is 1. The highest BCUT2D eigenvalue weighted by Gasteiger charge is 2.21. The Bertz CT molecular complexity index is 447. The van der Waals surface area contributed by atoms with Crippen LogP contribution in [-0.4, -0.2) is 43.2 Å². The second-order valence-electron chi connectivity index (χ2n) is 5.35. The molecule has 5 heteroatoms. The van der Waals surface area contributed by atoms with Gasteiger partial charge in [-0.15, -0.1) is 0 Å². The number of likely N-dealkylation sites (tertiary alicyclic amines) is 1. The molecule has 5 nitrogen and oxygen atoms in total. The third-order valence-corrected chi connectivity index (χ3v) is 3.47. The van der Waals surface area contributed by atoms with Crippen LogP contribution in [0.4, 0.5) is 0 Å². The summed E-state index contributed by atoms with van der Waals surface area (Å²) in [5.74, 6) is 1.49. The van der Waals surface area contributed by atoms with Gasteiger partial charge in [0.05, 0.1) is 6.61 Å². The van der Waals surface area contributed by atoms with Crippen LogP contribution in [-0.2, 0) is 4.79 Å². The fourth-order valence-corrected chi connectivity index (χ4v) is 2.32. The lowest BCUT2D eigenvalue weighted by Crippen LogP contribution is -2.47. The van der Waals surface area contributed by atoms with Gasteiger partial charge in [0, 0.05) is 19.1 Å². The SMILES string of the molecule is CCCOc1ccc(OCC(=O)N2CCCC(N)C2)cc1. The van der Waals surface area contributed by atoms with E-state index in [2.05, 4.69) is 6.92 Å². The first-order valence-electron chi connectivity index (χ1n) is 7.58. The largest absolute Gasteiger partial charge is 0.494 e. The van der Waals surface area contributed by atoms with Gasteiger partial charge in [0.25, 0.3) is 5.91 Å². The Labute approximate surface area is 126 Å². The molecule has 1 aromatic carbocycles. The highest BCUT2D eigenvalue weighted by atomic mass is 16.5. The number of benzene rings is 1. The van der Waals surface area contributed by atoms with Crippen molar-refractivity contribution < 1.29 is 14.3 Å². The fraction of sp³-hybridized carbons (Fsp3) is 0.562. The minimum Gasteiger partial charge on any atom is -0.494 e. The van der Waals surface area contributed by atoms with E-state index in [1.165, 1.54) is 0 Å². The summed E-state index contributed by atoms with van der Waals surface area (Å²) in [5.41, 5.74) is 5.88. The lowest BCUT2D eigenvalue weighted by atomic mass is 10.1. The second kappa shape index (κ2) is 7.88. The maximum absolute atomic E-state index is 12.0. The van der Waals surface area contributed by atoms with Crippen molar-refractivity contribution in [3.8, 4) is 11.5 Å². The van der Waals surface area contributed by atoms with Crippen molar-refractivity contribution in [2.24, 2.45) is 5.73 Å². The van der Waals surface area contributed by atoms with E-state index in [9.17, 15) is 4.79 Å². The summed E-state index contributed by atoms with van der Waals surface area (Å²) in [5, 5.41) is 0. The minimum atomic E-state index is -0.00328. The van der Waals surface area contributed by atoms with E-state index >= 15 is 0 Å². The van der Waals surface area contributed by atoms with Crippen molar-refractivity contribution in [3.63, 3.8) is 0 Å². The topological polar surface area (TPSA) is 64.8 Å². The third-order valence-electron chi connectivity index (χ3n) is 3.47. The third kappa shape index (κ3) is 4.93. The number of hydrogen-bond donors (Lipinski definition) is 1. The summed E-state index contributed by atoms with van der Waals surface area (Å²) in [6.07, 6.45) is 2.94. The molecule has 0 radical (unpaired) electrons. The summed E-state index contributed by atoms with van der Waals surface area (Å²) >= 11 is 0. The zero-order valence-corrected chi connectivity index (χ0v) is 12.6. The maximum Gasteiger partial charge on any atom is 0.260 e. The predicted octanol–water partition coefficient (Wildman–Crippen LogP) is 1.80. The Balaban J connectivity index is 1.78. The average Bonchev–Trinajstić information content (AvgIpc) is 2.51. The van der Waals surface area contributed by atoms with Crippen LogP contribution < -0.4 is 15.2 Å². The van der Waals surface area contributed by atoms with Gasteiger partial charge in [-0.05, 0) is 43.5 Å². The molecule has 1 atom stereocenters. The molecule has 1 aliphatic rings. The Hall–Kier alpha value is -1.75. The summed E-state index contributed by atoms with van der Waals surface area (Å²) in [6.45, 7) is 4.23. The van der Waals surface area contributed by atoms with Gasteiger partial charge in [-0.25, -0.2) is 0 Å². The number of hydrogen-bond acceptors (Lipinski definition) is 4. The molecule has 1 aromatic rings. The molecule has 1 unspecified atom stereocenters. The molecule has 1 heterocycles. The number of amides is 1. The van der Waals surface area contributed by atoms with E-state index in [1.54, 1.807) is 4.90 Å². The number of nitrogens with two attached hydrogens (primary N) is 1.